The van der Waals surface area contributed by atoms with Gasteiger partial charge < -0.3 is 28.2 Å². The van der Waals surface area contributed by atoms with Crippen molar-refractivity contribution in [2.24, 2.45) is 17.8 Å². The van der Waals surface area contributed by atoms with Gasteiger partial charge in [-0.25, -0.2) is 0 Å². The van der Waals surface area contributed by atoms with Gasteiger partial charge in [0.25, 0.3) is 0 Å². The molecule has 0 aromatic carbocycles. The van der Waals surface area contributed by atoms with E-state index in [1.807, 2.05) is 20.8 Å². The van der Waals surface area contributed by atoms with E-state index in [9.17, 15) is 5.11 Å². The van der Waals surface area contributed by atoms with Crippen LogP contribution in [-0.2, 0) is 23.1 Å². The van der Waals surface area contributed by atoms with Gasteiger partial charge in [0.2, 0.25) is 0 Å². The summed E-state index contributed by atoms with van der Waals surface area (Å²) < 4.78 is 33.1. The quantitative estimate of drug-likeness (QED) is 0.142. The molecule has 1 aliphatic heterocycles. The van der Waals surface area contributed by atoms with Crippen molar-refractivity contribution in [1.29, 1.82) is 0 Å². The summed E-state index contributed by atoms with van der Waals surface area (Å²) in [5.74, 6) is -0.483. The normalized spacial score (nSPS) is 24.3. The SMILES string of the molecule is CC[Si](CC)(CC)O[C@H]([C@@H](C)[C@H](OC)[C@@H]1COC(C)(C)O1)[C@H](C)[C@@H](O[Si](C)(C)C(C)(C)C)/C(C)=C/[C@H](C)C(C)O. The van der Waals surface area contributed by atoms with Gasteiger partial charge in [0.05, 0.1) is 31.0 Å². The fourth-order valence-corrected chi connectivity index (χ4v) is 10.1. The lowest BCUT2D eigenvalue weighted by Crippen LogP contribution is -2.54. The molecule has 1 rings (SSSR count). The van der Waals surface area contributed by atoms with Gasteiger partial charge in [0, 0.05) is 24.9 Å². The molecule has 0 bridgehead atoms. The van der Waals surface area contributed by atoms with Gasteiger partial charge in [-0.2, -0.15) is 0 Å². The van der Waals surface area contributed by atoms with Crippen LogP contribution in [-0.4, -0.2) is 71.8 Å². The minimum Gasteiger partial charge on any atom is -0.413 e. The van der Waals surface area contributed by atoms with Crippen LogP contribution in [0.2, 0.25) is 36.3 Å². The molecule has 0 aliphatic carbocycles. The molecule has 1 heterocycles. The van der Waals surface area contributed by atoms with Gasteiger partial charge in [-0.15, -0.1) is 0 Å². The number of hydrogen-bond donors (Lipinski definition) is 1. The molecule has 8 heteroatoms. The van der Waals surface area contributed by atoms with E-state index in [4.69, 9.17) is 23.1 Å². The second kappa shape index (κ2) is 15.1. The first-order chi connectivity index (χ1) is 18.2. The van der Waals surface area contributed by atoms with E-state index in [2.05, 4.69) is 88.4 Å². The predicted molar refractivity (Wildman–Crippen MR) is 173 cm³/mol. The molecule has 40 heavy (non-hydrogen) atoms. The Labute approximate surface area is 250 Å². The minimum absolute atomic E-state index is 0.0305. The van der Waals surface area contributed by atoms with Crippen LogP contribution in [0.3, 0.4) is 0 Å². The Morgan fingerprint density at radius 1 is 1.00 bits per heavy atom. The van der Waals surface area contributed by atoms with Crippen molar-refractivity contribution < 1.29 is 28.2 Å². The highest BCUT2D eigenvalue weighted by Gasteiger charge is 2.48. The number of hydrogen-bond acceptors (Lipinski definition) is 6. The van der Waals surface area contributed by atoms with Crippen LogP contribution >= 0.6 is 0 Å². The van der Waals surface area contributed by atoms with E-state index >= 15 is 0 Å². The first-order valence-corrected chi connectivity index (χ1v) is 21.2. The topological polar surface area (TPSA) is 66.4 Å². The average Bonchev–Trinajstić information content (AvgIpc) is 3.21. The lowest BCUT2D eigenvalue weighted by Gasteiger charge is -2.47. The van der Waals surface area contributed by atoms with Gasteiger partial charge in [0.1, 0.15) is 6.10 Å². The molecule has 1 fully saturated rings. The molecule has 238 valence electrons. The third-order valence-corrected chi connectivity index (χ3v) is 19.1. The summed E-state index contributed by atoms with van der Waals surface area (Å²) in [4.78, 5) is 0. The van der Waals surface area contributed by atoms with E-state index in [0.717, 1.165) is 18.1 Å². The van der Waals surface area contributed by atoms with E-state index in [-0.39, 0.29) is 47.2 Å². The maximum Gasteiger partial charge on any atom is 0.192 e. The molecule has 1 N–H and O–H groups in total. The second-order valence-corrected chi connectivity index (χ2v) is 23.9. The average molecular weight is 603 g/mol. The molecule has 1 saturated heterocycles. The van der Waals surface area contributed by atoms with Crippen LogP contribution < -0.4 is 0 Å². The Bertz CT molecular complexity index is 779. The van der Waals surface area contributed by atoms with Crippen molar-refractivity contribution >= 4 is 16.6 Å². The highest BCUT2D eigenvalue weighted by Crippen LogP contribution is 2.42. The molecule has 8 atom stereocenters. The van der Waals surface area contributed by atoms with E-state index in [0.29, 0.717) is 6.61 Å². The van der Waals surface area contributed by atoms with Crippen molar-refractivity contribution in [2.75, 3.05) is 13.7 Å². The van der Waals surface area contributed by atoms with Crippen LogP contribution in [0.25, 0.3) is 0 Å². The fraction of sp³-hybridized carbons (Fsp3) is 0.938. The highest BCUT2D eigenvalue weighted by atomic mass is 28.4. The first kappa shape index (κ1) is 38.0. The Hall–Kier alpha value is -0.0662. The Kier molecular flexibility index (Phi) is 14.3. The molecule has 1 aliphatic rings. The lowest BCUT2D eigenvalue weighted by atomic mass is 9.82. The molecule has 0 amide bonds. The van der Waals surface area contributed by atoms with Crippen molar-refractivity contribution in [2.45, 2.75) is 163 Å². The molecule has 0 aromatic heterocycles. The van der Waals surface area contributed by atoms with Gasteiger partial charge in [-0.05, 0) is 69.5 Å². The summed E-state index contributed by atoms with van der Waals surface area (Å²) in [6, 6.07) is 3.22. The Morgan fingerprint density at radius 3 is 1.90 bits per heavy atom. The Balaban J connectivity index is 3.69. The molecular weight excluding hydrogens is 537 g/mol. The van der Waals surface area contributed by atoms with Crippen LogP contribution in [0.1, 0.15) is 90.0 Å². The predicted octanol–water partition coefficient (Wildman–Crippen LogP) is 8.17. The zero-order valence-corrected chi connectivity index (χ0v) is 31.0. The second-order valence-electron chi connectivity index (χ2n) is 14.4. The number of aliphatic hydroxyl groups is 1. The lowest BCUT2D eigenvalue weighted by molar-refractivity contribution is -0.164. The van der Waals surface area contributed by atoms with Crippen LogP contribution in [0.15, 0.2) is 11.6 Å². The third kappa shape index (κ3) is 9.73. The van der Waals surface area contributed by atoms with E-state index < -0.39 is 28.5 Å². The first-order valence-electron chi connectivity index (χ1n) is 15.8. The summed E-state index contributed by atoms with van der Waals surface area (Å²) >= 11 is 0. The van der Waals surface area contributed by atoms with Crippen molar-refractivity contribution in [1.82, 2.24) is 0 Å². The molecule has 0 saturated carbocycles. The van der Waals surface area contributed by atoms with Crippen LogP contribution in [0, 0.1) is 17.8 Å². The highest BCUT2D eigenvalue weighted by molar-refractivity contribution is 6.74. The van der Waals surface area contributed by atoms with Gasteiger partial charge in [-0.3, -0.25) is 0 Å². The fourth-order valence-electron chi connectivity index (χ4n) is 5.68. The largest absolute Gasteiger partial charge is 0.413 e. The molecular formula is C32H66O6Si2. The zero-order chi connectivity index (χ0) is 31.3. The summed E-state index contributed by atoms with van der Waals surface area (Å²) in [5.41, 5.74) is 1.17. The zero-order valence-electron chi connectivity index (χ0n) is 29.0. The smallest absolute Gasteiger partial charge is 0.192 e. The molecule has 6 nitrogen and oxygen atoms in total. The summed E-state index contributed by atoms with van der Waals surface area (Å²) in [6.07, 6.45) is 1.20. The van der Waals surface area contributed by atoms with E-state index in [1.165, 1.54) is 5.57 Å². The van der Waals surface area contributed by atoms with Crippen LogP contribution in [0.5, 0.6) is 0 Å². The number of ether oxygens (including phenoxy) is 3. The molecule has 0 spiro atoms. The Morgan fingerprint density at radius 2 is 1.52 bits per heavy atom. The summed E-state index contributed by atoms with van der Waals surface area (Å²) in [6.45, 7) is 33.5. The van der Waals surface area contributed by atoms with Crippen molar-refractivity contribution in [3.8, 4) is 0 Å². The molecule has 0 aromatic rings. The standard InChI is InChI=1S/C32H66O6Si2/c1-17-40(18-2,19-3)38-29(25(7)30(34-14)27-21-35-32(12,13)36-27)24(6)28(23(5)20-22(4)26(8)33)37-39(15,16)31(9,10)11/h20,22,24-30,33H,17-19,21H2,1-16H3/b23-20+/t22-,24+,25+,26?,27-,28-,29-,30-/m0/s1. The van der Waals surface area contributed by atoms with Crippen molar-refractivity contribution in [3.63, 3.8) is 0 Å². The summed E-state index contributed by atoms with van der Waals surface area (Å²) in [5, 5.41) is 10.4. The van der Waals surface area contributed by atoms with Gasteiger partial charge in [0.15, 0.2) is 22.4 Å². The maximum absolute atomic E-state index is 10.3. The van der Waals surface area contributed by atoms with Gasteiger partial charge in [-0.1, -0.05) is 68.4 Å². The number of rotatable bonds is 16. The number of aliphatic hydroxyl groups excluding tert-OH is 1. The van der Waals surface area contributed by atoms with Crippen LogP contribution in [0.4, 0.5) is 0 Å². The van der Waals surface area contributed by atoms with Gasteiger partial charge >= 0.3 is 0 Å². The molecule has 0 radical (unpaired) electrons. The monoisotopic (exact) mass is 602 g/mol. The minimum atomic E-state index is -2.14. The molecule has 1 unspecified atom stereocenters. The third-order valence-electron chi connectivity index (χ3n) is 9.98. The van der Waals surface area contributed by atoms with Crippen molar-refractivity contribution in [3.05, 3.63) is 11.6 Å². The summed E-state index contributed by atoms with van der Waals surface area (Å²) in [7, 11) is -2.35. The number of methoxy groups -OCH3 is 1. The van der Waals surface area contributed by atoms with E-state index in [1.54, 1.807) is 7.11 Å². The maximum atomic E-state index is 10.3.